The Hall–Kier alpha value is -1.26. The number of nitrogens with zero attached hydrogens (tertiary/aromatic N) is 1. The van der Waals surface area contributed by atoms with Gasteiger partial charge in [0.25, 0.3) is 0 Å². The first-order valence-corrected chi connectivity index (χ1v) is 9.56. The normalized spacial score (nSPS) is 16.8. The van der Waals surface area contributed by atoms with Crippen LogP contribution in [-0.2, 0) is 9.53 Å². The zero-order chi connectivity index (χ0) is 18.2. The molecule has 2 amide bonds. The third-order valence-corrected chi connectivity index (χ3v) is 4.40. The van der Waals surface area contributed by atoms with Crippen LogP contribution in [0.5, 0.6) is 0 Å². The highest BCUT2D eigenvalue weighted by molar-refractivity contribution is 5.86. The molecule has 5 nitrogen and oxygen atoms in total. The molecular formula is C19H36N2O3. The van der Waals surface area contributed by atoms with Gasteiger partial charge in [-0.05, 0) is 58.8 Å². The Bertz CT molecular complexity index is 392. The lowest BCUT2D eigenvalue weighted by Gasteiger charge is -2.34. The van der Waals surface area contributed by atoms with E-state index in [9.17, 15) is 9.59 Å². The smallest absolute Gasteiger partial charge is 0.408 e. The quantitative estimate of drug-likeness (QED) is 0.759. The van der Waals surface area contributed by atoms with E-state index in [0.717, 1.165) is 51.6 Å². The van der Waals surface area contributed by atoms with Crippen LogP contribution in [0.2, 0.25) is 0 Å². The summed E-state index contributed by atoms with van der Waals surface area (Å²) in [6.45, 7) is 11.4. The summed E-state index contributed by atoms with van der Waals surface area (Å²) < 4.78 is 5.39. The molecule has 1 heterocycles. The van der Waals surface area contributed by atoms with Gasteiger partial charge in [0.1, 0.15) is 11.6 Å². The van der Waals surface area contributed by atoms with E-state index in [0.29, 0.717) is 0 Å². The first-order chi connectivity index (χ1) is 11.3. The van der Waals surface area contributed by atoms with E-state index in [1.54, 1.807) is 0 Å². The highest BCUT2D eigenvalue weighted by atomic mass is 16.6. The fourth-order valence-electron chi connectivity index (χ4n) is 3.35. The number of ether oxygens (including phenoxy) is 1. The van der Waals surface area contributed by atoms with Gasteiger partial charge in [-0.1, -0.05) is 26.7 Å². The van der Waals surface area contributed by atoms with Crippen LogP contribution in [0.4, 0.5) is 4.79 Å². The van der Waals surface area contributed by atoms with Crippen molar-refractivity contribution in [2.24, 2.45) is 5.92 Å². The molecule has 0 saturated carbocycles. The van der Waals surface area contributed by atoms with E-state index < -0.39 is 17.7 Å². The lowest BCUT2D eigenvalue weighted by atomic mass is 9.89. The second kappa shape index (κ2) is 9.90. The number of hydrogen-bond acceptors (Lipinski definition) is 3. The molecule has 0 aliphatic carbocycles. The van der Waals surface area contributed by atoms with E-state index in [4.69, 9.17) is 4.74 Å². The Balaban J connectivity index is 2.87. The van der Waals surface area contributed by atoms with Crippen molar-refractivity contribution in [3.63, 3.8) is 0 Å². The minimum atomic E-state index is -0.562. The molecule has 1 N–H and O–H groups in total. The summed E-state index contributed by atoms with van der Waals surface area (Å²) in [7, 11) is 0. The first-order valence-electron chi connectivity index (χ1n) is 9.56. The predicted molar refractivity (Wildman–Crippen MR) is 96.9 cm³/mol. The molecule has 1 atom stereocenters. The zero-order valence-electron chi connectivity index (χ0n) is 16.2. The molecule has 1 unspecified atom stereocenters. The molecule has 1 rings (SSSR count). The predicted octanol–water partition coefficient (Wildman–Crippen LogP) is 4.11. The molecule has 0 radical (unpaired) electrons. The van der Waals surface area contributed by atoms with Crippen molar-refractivity contribution in [1.29, 1.82) is 0 Å². The van der Waals surface area contributed by atoms with Crippen LogP contribution in [0, 0.1) is 5.92 Å². The first kappa shape index (κ1) is 20.8. The van der Waals surface area contributed by atoms with E-state index in [2.05, 4.69) is 19.2 Å². The van der Waals surface area contributed by atoms with Gasteiger partial charge in [-0.3, -0.25) is 4.79 Å². The van der Waals surface area contributed by atoms with Gasteiger partial charge in [-0.2, -0.15) is 0 Å². The number of nitrogens with one attached hydrogen (secondary N) is 1. The number of carbonyl (C=O) groups excluding carboxylic acids is 2. The monoisotopic (exact) mass is 340 g/mol. The fourth-order valence-corrected chi connectivity index (χ4v) is 3.35. The van der Waals surface area contributed by atoms with Crippen molar-refractivity contribution in [1.82, 2.24) is 10.2 Å². The Kier molecular flexibility index (Phi) is 8.57. The summed E-state index contributed by atoms with van der Waals surface area (Å²) >= 11 is 0. The van der Waals surface area contributed by atoms with Crippen molar-refractivity contribution in [3.05, 3.63) is 0 Å². The van der Waals surface area contributed by atoms with E-state index >= 15 is 0 Å². The molecule has 0 aromatic heterocycles. The summed E-state index contributed by atoms with van der Waals surface area (Å²) in [5, 5.41) is 2.89. The molecule has 1 aliphatic rings. The topological polar surface area (TPSA) is 58.6 Å². The van der Waals surface area contributed by atoms with Gasteiger partial charge in [-0.15, -0.1) is 0 Å². The number of rotatable bonds is 7. The molecule has 0 aromatic carbocycles. The Morgan fingerprint density at radius 1 is 1.04 bits per heavy atom. The molecular weight excluding hydrogens is 304 g/mol. The van der Waals surface area contributed by atoms with Crippen molar-refractivity contribution in [2.45, 2.75) is 91.2 Å². The summed E-state index contributed by atoms with van der Waals surface area (Å²) in [6, 6.07) is -0.474. The van der Waals surface area contributed by atoms with Crippen LogP contribution in [0.15, 0.2) is 0 Å². The number of likely N-dealkylation sites (tertiary alicyclic amines) is 1. The molecule has 0 bridgehead atoms. The fraction of sp³-hybridized carbons (Fsp3) is 0.895. The Morgan fingerprint density at radius 2 is 1.58 bits per heavy atom. The molecule has 24 heavy (non-hydrogen) atoms. The van der Waals surface area contributed by atoms with Crippen LogP contribution in [-0.4, -0.2) is 41.6 Å². The van der Waals surface area contributed by atoms with E-state index in [1.165, 1.54) is 6.42 Å². The van der Waals surface area contributed by atoms with Crippen molar-refractivity contribution in [3.8, 4) is 0 Å². The number of carbonyl (C=O) groups is 2. The van der Waals surface area contributed by atoms with Gasteiger partial charge in [-0.25, -0.2) is 4.79 Å². The molecule has 0 spiro atoms. The number of piperidine rings is 1. The van der Waals surface area contributed by atoms with Gasteiger partial charge >= 0.3 is 6.09 Å². The van der Waals surface area contributed by atoms with Gasteiger partial charge in [0, 0.05) is 13.1 Å². The van der Waals surface area contributed by atoms with Crippen molar-refractivity contribution < 1.29 is 14.3 Å². The molecule has 1 aliphatic heterocycles. The van der Waals surface area contributed by atoms with Crippen molar-refractivity contribution >= 4 is 12.0 Å². The molecule has 5 heteroatoms. The standard InChI is InChI=1S/C19H36N2O3/c1-6-11-15(12-7-2)16(20-18(23)24-19(3,4)5)17(22)21-13-9-8-10-14-21/h15-16H,6-14H2,1-5H3,(H,20,23). The van der Waals surface area contributed by atoms with Crippen molar-refractivity contribution in [2.75, 3.05) is 13.1 Å². The van der Waals surface area contributed by atoms with Crippen LogP contribution in [0.1, 0.15) is 79.6 Å². The Morgan fingerprint density at radius 3 is 2.04 bits per heavy atom. The number of alkyl carbamates (subject to hydrolysis) is 1. The molecule has 140 valence electrons. The van der Waals surface area contributed by atoms with Crippen LogP contribution < -0.4 is 5.32 Å². The average molecular weight is 341 g/mol. The number of hydrogen-bond donors (Lipinski definition) is 1. The van der Waals surface area contributed by atoms with Crippen LogP contribution >= 0.6 is 0 Å². The molecule has 1 saturated heterocycles. The zero-order valence-corrected chi connectivity index (χ0v) is 16.2. The maximum atomic E-state index is 13.0. The van der Waals surface area contributed by atoms with Gasteiger partial charge in [0.15, 0.2) is 0 Å². The Labute approximate surface area is 147 Å². The number of amides is 2. The SMILES string of the molecule is CCCC(CCC)C(NC(=O)OC(C)(C)C)C(=O)N1CCCCC1. The van der Waals surface area contributed by atoms with Crippen LogP contribution in [0.3, 0.4) is 0 Å². The van der Waals surface area contributed by atoms with Gasteiger partial charge in [0.2, 0.25) is 5.91 Å². The van der Waals surface area contributed by atoms with E-state index in [1.807, 2.05) is 25.7 Å². The molecule has 0 aromatic rings. The summed E-state index contributed by atoms with van der Waals surface area (Å²) in [4.78, 5) is 27.2. The lowest BCUT2D eigenvalue weighted by Crippen LogP contribution is -2.54. The second-order valence-corrected chi connectivity index (χ2v) is 7.85. The average Bonchev–Trinajstić information content (AvgIpc) is 2.51. The minimum Gasteiger partial charge on any atom is -0.444 e. The van der Waals surface area contributed by atoms with Crippen LogP contribution in [0.25, 0.3) is 0 Å². The second-order valence-electron chi connectivity index (χ2n) is 7.85. The highest BCUT2D eigenvalue weighted by Crippen LogP contribution is 2.22. The molecule has 1 fully saturated rings. The minimum absolute atomic E-state index is 0.0625. The largest absolute Gasteiger partial charge is 0.444 e. The van der Waals surface area contributed by atoms with Gasteiger partial charge < -0.3 is 15.0 Å². The maximum Gasteiger partial charge on any atom is 0.408 e. The summed E-state index contributed by atoms with van der Waals surface area (Å²) in [5.74, 6) is 0.231. The lowest BCUT2D eigenvalue weighted by molar-refractivity contribution is -0.136. The summed E-state index contributed by atoms with van der Waals surface area (Å²) in [6.07, 6.45) is 6.68. The summed E-state index contributed by atoms with van der Waals surface area (Å²) in [5.41, 5.74) is -0.562. The third-order valence-electron chi connectivity index (χ3n) is 4.40. The highest BCUT2D eigenvalue weighted by Gasteiger charge is 2.33. The van der Waals surface area contributed by atoms with E-state index in [-0.39, 0.29) is 11.8 Å². The van der Waals surface area contributed by atoms with Gasteiger partial charge in [0.05, 0.1) is 0 Å². The maximum absolute atomic E-state index is 13.0. The third kappa shape index (κ3) is 7.10.